The highest BCUT2D eigenvalue weighted by atomic mass is 79.9. The van der Waals surface area contributed by atoms with Gasteiger partial charge in [-0.2, -0.15) is 0 Å². The minimum Gasteiger partial charge on any atom is -1.00 e. The first kappa shape index (κ1) is 60.4. The van der Waals surface area contributed by atoms with Crippen molar-refractivity contribution in [1.29, 1.82) is 0 Å². The number of rotatable bonds is 30. The lowest BCUT2D eigenvalue weighted by Gasteiger charge is -2.30. The fourth-order valence-corrected chi connectivity index (χ4v) is 7.97. The van der Waals surface area contributed by atoms with Crippen LogP contribution in [-0.4, -0.2) is 107 Å². The highest BCUT2D eigenvalue weighted by Crippen LogP contribution is 2.29. The Balaban J connectivity index is 0. The van der Waals surface area contributed by atoms with E-state index in [1.807, 2.05) is 26.0 Å². The van der Waals surface area contributed by atoms with E-state index < -0.39 is 0 Å². The average Bonchev–Trinajstić information content (AvgIpc) is 3.09. The standard InChI is InChI=1S/C50H88N3O4.BrH.2ClH/c1-41(2)45-31-29-43(5)37-47(45)56-49(54)39-52(9,10)35-27-23-19-15-13-17-21-25-33-51(7,8)34-26-22-18-14-16-20-24-28-36-53(11,12)40-50(55)57-48-38-44(6)30-32-46(48)42(3)4;;;/h29-32,37-38,41-42H,13-28,33-36,39-40H2,1-12H3;3*1H/q+3;;;/p-3. The molecule has 348 valence electrons. The number of quaternary nitrogens is 3. The van der Waals surface area contributed by atoms with Gasteiger partial charge in [0.1, 0.15) is 11.5 Å². The molecule has 10 heteroatoms. The van der Waals surface area contributed by atoms with E-state index in [1.54, 1.807) is 0 Å². The second-order valence-electron chi connectivity index (χ2n) is 20.0. The summed E-state index contributed by atoms with van der Waals surface area (Å²) in [7, 11) is 13.4. The number of halogens is 3. The van der Waals surface area contributed by atoms with Gasteiger partial charge >= 0.3 is 11.9 Å². The molecule has 60 heavy (non-hydrogen) atoms. The van der Waals surface area contributed by atoms with Gasteiger partial charge in [-0.05, 0) is 111 Å². The fourth-order valence-electron chi connectivity index (χ4n) is 7.97. The summed E-state index contributed by atoms with van der Waals surface area (Å²) < 4.78 is 14.2. The van der Waals surface area contributed by atoms with Crippen LogP contribution in [0.25, 0.3) is 0 Å². The molecule has 0 fully saturated rings. The average molecular weight is 946 g/mol. The van der Waals surface area contributed by atoms with Crippen molar-refractivity contribution in [1.82, 2.24) is 0 Å². The maximum Gasteiger partial charge on any atom is 0.367 e. The summed E-state index contributed by atoms with van der Waals surface area (Å²) in [4.78, 5) is 25.6. The first-order valence-electron chi connectivity index (χ1n) is 22.9. The Bertz CT molecular complexity index is 1370. The Morgan fingerprint density at radius 1 is 0.450 bits per heavy atom. The molecule has 0 aliphatic carbocycles. The topological polar surface area (TPSA) is 52.6 Å². The van der Waals surface area contributed by atoms with Crippen molar-refractivity contribution in [3.63, 3.8) is 0 Å². The summed E-state index contributed by atoms with van der Waals surface area (Å²) in [6, 6.07) is 12.3. The highest BCUT2D eigenvalue weighted by Gasteiger charge is 2.24. The zero-order valence-corrected chi connectivity index (χ0v) is 43.4. The first-order chi connectivity index (χ1) is 26.8. The number of aryl methyl sites for hydroxylation is 2. The normalized spacial score (nSPS) is 11.8. The van der Waals surface area contributed by atoms with Crippen molar-refractivity contribution in [2.75, 3.05) is 81.6 Å². The maximum atomic E-state index is 12.8. The molecule has 0 unspecified atom stereocenters. The van der Waals surface area contributed by atoms with E-state index in [-0.39, 0.29) is 53.7 Å². The Morgan fingerprint density at radius 2 is 0.700 bits per heavy atom. The number of esters is 2. The van der Waals surface area contributed by atoms with Crippen LogP contribution >= 0.6 is 0 Å². The molecule has 0 bridgehead atoms. The number of unbranched alkanes of at least 4 members (excludes halogenated alkanes) is 14. The minimum absolute atomic E-state index is 0. The summed E-state index contributed by atoms with van der Waals surface area (Å²) in [6.45, 7) is 18.0. The van der Waals surface area contributed by atoms with E-state index in [2.05, 4.69) is 94.2 Å². The summed E-state index contributed by atoms with van der Waals surface area (Å²) in [5.41, 5.74) is 4.42. The molecule has 0 heterocycles. The SMILES string of the molecule is Cc1ccc(C(C)C)c(OC(=O)C[N+](C)(C)CCCCCCCCCC[N+](C)(C)CCCCCCCCCC[N+](C)(C)CC(=O)Oc2cc(C)ccc2C(C)C)c1.[Br-].[Cl-].[Cl-]. The van der Waals surface area contributed by atoms with E-state index >= 15 is 0 Å². The second-order valence-corrected chi connectivity index (χ2v) is 20.0. The number of carbonyl (C=O) groups excluding carboxylic acids is 2. The molecule has 0 spiro atoms. The van der Waals surface area contributed by atoms with Gasteiger partial charge in [0.25, 0.3) is 0 Å². The van der Waals surface area contributed by atoms with Crippen molar-refractivity contribution < 1.29 is 74.3 Å². The lowest BCUT2D eigenvalue weighted by molar-refractivity contribution is -0.890. The smallest absolute Gasteiger partial charge is 0.367 e. The van der Waals surface area contributed by atoms with Crippen molar-refractivity contribution in [2.24, 2.45) is 0 Å². The summed E-state index contributed by atoms with van der Waals surface area (Å²) in [5, 5.41) is 0. The second kappa shape index (κ2) is 31.2. The third-order valence-corrected chi connectivity index (χ3v) is 11.7. The predicted molar refractivity (Wildman–Crippen MR) is 241 cm³/mol. The monoisotopic (exact) mass is 944 g/mol. The molecular formula is C50H88BrCl2N3O4. The van der Waals surface area contributed by atoms with Crippen LogP contribution in [-0.2, 0) is 9.59 Å². The number of likely N-dealkylation sites (N-methyl/N-ethyl adjacent to an activating group) is 2. The molecule has 0 atom stereocenters. The molecular weight excluding hydrogens is 857 g/mol. The summed E-state index contributed by atoms with van der Waals surface area (Å²) in [5.74, 6) is 1.80. The Kier molecular flexibility index (Phi) is 31.4. The molecule has 0 amide bonds. The largest absolute Gasteiger partial charge is 1.00 e. The van der Waals surface area contributed by atoms with Crippen molar-refractivity contribution >= 4 is 11.9 Å². The van der Waals surface area contributed by atoms with Crippen molar-refractivity contribution in [3.8, 4) is 11.5 Å². The molecule has 0 radical (unpaired) electrons. The van der Waals surface area contributed by atoms with Crippen LogP contribution in [0.1, 0.15) is 165 Å². The van der Waals surface area contributed by atoms with E-state index in [0.29, 0.717) is 33.9 Å². The van der Waals surface area contributed by atoms with Crippen LogP contribution in [0.15, 0.2) is 36.4 Å². The summed E-state index contributed by atoms with van der Waals surface area (Å²) >= 11 is 0. The van der Waals surface area contributed by atoms with Crippen LogP contribution in [0, 0.1) is 13.8 Å². The summed E-state index contributed by atoms with van der Waals surface area (Å²) in [6.07, 6.45) is 20.7. The number of hydrogen-bond donors (Lipinski definition) is 0. The van der Waals surface area contributed by atoms with Crippen molar-refractivity contribution in [3.05, 3.63) is 58.7 Å². The third-order valence-electron chi connectivity index (χ3n) is 11.7. The van der Waals surface area contributed by atoms with Gasteiger partial charge in [-0.25, -0.2) is 9.59 Å². The van der Waals surface area contributed by atoms with Crippen LogP contribution in [0.4, 0.5) is 0 Å². The lowest BCUT2D eigenvalue weighted by Crippen LogP contribution is -3.00. The number of ether oxygens (including phenoxy) is 2. The van der Waals surface area contributed by atoms with Crippen LogP contribution in [0.5, 0.6) is 11.5 Å². The quantitative estimate of drug-likeness (QED) is 0.0524. The molecule has 0 N–H and O–H groups in total. The molecule has 7 nitrogen and oxygen atoms in total. The van der Waals surface area contributed by atoms with E-state index in [9.17, 15) is 9.59 Å². The van der Waals surface area contributed by atoms with Crippen LogP contribution in [0.2, 0.25) is 0 Å². The molecule has 2 rings (SSSR count). The van der Waals surface area contributed by atoms with Gasteiger partial charge in [0.15, 0.2) is 13.1 Å². The molecule has 0 aliphatic heterocycles. The Morgan fingerprint density at radius 3 is 0.967 bits per heavy atom. The van der Waals surface area contributed by atoms with Gasteiger partial charge in [-0.1, -0.05) is 103 Å². The van der Waals surface area contributed by atoms with Crippen LogP contribution in [0.3, 0.4) is 0 Å². The highest BCUT2D eigenvalue weighted by molar-refractivity contribution is 5.74. The van der Waals surface area contributed by atoms with E-state index in [1.165, 1.54) is 103 Å². The predicted octanol–water partition coefficient (Wildman–Crippen LogP) is 2.54. The number of hydrogen-bond acceptors (Lipinski definition) is 4. The van der Waals surface area contributed by atoms with E-state index in [0.717, 1.165) is 64.2 Å². The molecule has 2 aromatic rings. The van der Waals surface area contributed by atoms with Gasteiger partial charge in [0.2, 0.25) is 0 Å². The first-order valence-corrected chi connectivity index (χ1v) is 22.9. The van der Waals surface area contributed by atoms with Gasteiger partial charge in [0.05, 0.1) is 68.5 Å². The zero-order chi connectivity index (χ0) is 42.5. The van der Waals surface area contributed by atoms with E-state index in [4.69, 9.17) is 9.47 Å². The Hall–Kier alpha value is -1.68. The fraction of sp³-hybridized carbons (Fsp3) is 0.720. The van der Waals surface area contributed by atoms with Gasteiger partial charge < -0.3 is 64.7 Å². The Labute approximate surface area is 392 Å². The van der Waals surface area contributed by atoms with Crippen molar-refractivity contribution in [2.45, 2.75) is 156 Å². The molecule has 0 aromatic heterocycles. The third kappa shape index (κ3) is 26.7. The number of benzene rings is 2. The lowest BCUT2D eigenvalue weighted by atomic mass is 10.0. The number of nitrogens with zero attached hydrogens (tertiary/aromatic N) is 3. The molecule has 0 saturated heterocycles. The number of carbonyl (C=O) groups is 2. The van der Waals surface area contributed by atoms with Gasteiger partial charge in [0, 0.05) is 0 Å². The van der Waals surface area contributed by atoms with Gasteiger partial charge in [-0.3, -0.25) is 0 Å². The zero-order valence-electron chi connectivity index (χ0n) is 40.3. The minimum atomic E-state index is -0.138. The maximum absolute atomic E-state index is 12.8. The molecule has 2 aromatic carbocycles. The van der Waals surface area contributed by atoms with Crippen LogP contribution < -0.4 is 51.3 Å². The van der Waals surface area contributed by atoms with Gasteiger partial charge in [-0.15, -0.1) is 0 Å². The molecule has 0 saturated carbocycles. The molecule has 0 aliphatic rings.